The summed E-state index contributed by atoms with van der Waals surface area (Å²) in [4.78, 5) is 14.6. The SMILES string of the molecule is CC/C=C(\Nc1cc(C(C)(C)C)cc(NC)c1OC)Nc1ccc(Oc2ncnc(N(C)C)n2)c2ccccc12. The van der Waals surface area contributed by atoms with Crippen molar-refractivity contribution in [3.8, 4) is 17.5 Å². The third kappa shape index (κ3) is 6.36. The summed E-state index contributed by atoms with van der Waals surface area (Å²) in [6.07, 6.45) is 4.41. The van der Waals surface area contributed by atoms with Gasteiger partial charge >= 0.3 is 6.01 Å². The molecule has 0 spiro atoms. The summed E-state index contributed by atoms with van der Waals surface area (Å²) in [6, 6.07) is 16.5. The maximum atomic E-state index is 6.12. The highest BCUT2D eigenvalue weighted by Gasteiger charge is 2.20. The van der Waals surface area contributed by atoms with Crippen LogP contribution in [0.3, 0.4) is 0 Å². The Morgan fingerprint density at radius 1 is 0.950 bits per heavy atom. The minimum Gasteiger partial charge on any atom is -0.492 e. The number of ether oxygens (including phenoxy) is 2. The molecule has 0 atom stereocenters. The van der Waals surface area contributed by atoms with Crippen molar-refractivity contribution in [3.05, 3.63) is 72.3 Å². The second-order valence-corrected chi connectivity index (χ2v) is 10.6. The number of fused-ring (bicyclic) bond motifs is 1. The van der Waals surface area contributed by atoms with Crippen molar-refractivity contribution in [2.75, 3.05) is 49.1 Å². The van der Waals surface area contributed by atoms with E-state index in [2.05, 4.69) is 82.9 Å². The number of aromatic nitrogens is 3. The third-order valence-electron chi connectivity index (χ3n) is 6.40. The lowest BCUT2D eigenvalue weighted by Gasteiger charge is -2.25. The minimum absolute atomic E-state index is 0.0335. The van der Waals surface area contributed by atoms with Crippen LogP contribution in [0, 0.1) is 0 Å². The predicted octanol–water partition coefficient (Wildman–Crippen LogP) is 7.01. The van der Waals surface area contributed by atoms with Crippen molar-refractivity contribution < 1.29 is 9.47 Å². The van der Waals surface area contributed by atoms with E-state index in [-0.39, 0.29) is 11.4 Å². The first-order valence-corrected chi connectivity index (χ1v) is 13.3. The van der Waals surface area contributed by atoms with Gasteiger partial charge in [0, 0.05) is 37.6 Å². The van der Waals surface area contributed by atoms with Crippen LogP contribution < -0.4 is 30.3 Å². The van der Waals surface area contributed by atoms with Crippen LogP contribution in [0.2, 0.25) is 0 Å². The van der Waals surface area contributed by atoms with Crippen molar-refractivity contribution in [3.63, 3.8) is 0 Å². The summed E-state index contributed by atoms with van der Waals surface area (Å²) in [5.41, 5.74) is 3.89. The number of rotatable bonds is 10. The van der Waals surface area contributed by atoms with Gasteiger partial charge in [0.05, 0.1) is 18.5 Å². The molecule has 0 aliphatic carbocycles. The second-order valence-electron chi connectivity index (χ2n) is 10.6. The summed E-state index contributed by atoms with van der Waals surface area (Å²) in [5.74, 6) is 2.79. The van der Waals surface area contributed by atoms with Crippen LogP contribution >= 0.6 is 0 Å². The van der Waals surface area contributed by atoms with Gasteiger partial charge in [0.25, 0.3) is 0 Å². The molecule has 0 bridgehead atoms. The third-order valence-corrected chi connectivity index (χ3v) is 6.40. The molecule has 4 rings (SSSR count). The minimum atomic E-state index is -0.0335. The molecule has 0 aliphatic heterocycles. The zero-order valence-corrected chi connectivity index (χ0v) is 24.6. The van der Waals surface area contributed by atoms with Gasteiger partial charge in [0.15, 0.2) is 5.75 Å². The number of methoxy groups -OCH3 is 1. The fraction of sp³-hybridized carbons (Fsp3) is 0.323. The normalized spacial score (nSPS) is 11.8. The van der Waals surface area contributed by atoms with Gasteiger partial charge in [-0.05, 0) is 47.7 Å². The first-order valence-electron chi connectivity index (χ1n) is 13.3. The Balaban J connectivity index is 1.69. The monoisotopic (exact) mass is 541 g/mol. The highest BCUT2D eigenvalue weighted by atomic mass is 16.5. The van der Waals surface area contributed by atoms with E-state index in [0.717, 1.165) is 45.8 Å². The van der Waals surface area contributed by atoms with Gasteiger partial charge in [-0.3, -0.25) is 0 Å². The first kappa shape index (κ1) is 28.5. The quantitative estimate of drug-likeness (QED) is 0.196. The molecule has 0 saturated carbocycles. The summed E-state index contributed by atoms with van der Waals surface area (Å²) in [5, 5.41) is 12.4. The molecule has 0 unspecified atom stereocenters. The zero-order chi connectivity index (χ0) is 28.9. The highest BCUT2D eigenvalue weighted by molar-refractivity contribution is 5.98. The van der Waals surface area contributed by atoms with E-state index in [9.17, 15) is 0 Å². The topological polar surface area (TPSA) is 96.5 Å². The molecule has 9 nitrogen and oxygen atoms in total. The van der Waals surface area contributed by atoms with Crippen molar-refractivity contribution >= 4 is 33.8 Å². The fourth-order valence-corrected chi connectivity index (χ4v) is 4.29. The van der Waals surface area contributed by atoms with E-state index in [1.54, 1.807) is 12.0 Å². The maximum Gasteiger partial charge on any atom is 0.326 e. The molecular formula is C31H39N7O2. The number of benzene rings is 3. The molecule has 0 aliphatic rings. The number of allylic oxidation sites excluding steroid dienone is 1. The van der Waals surface area contributed by atoms with Gasteiger partial charge in [-0.1, -0.05) is 52.0 Å². The smallest absolute Gasteiger partial charge is 0.326 e. The molecule has 0 saturated heterocycles. The molecule has 1 heterocycles. The van der Waals surface area contributed by atoms with Crippen molar-refractivity contribution in [1.82, 2.24) is 15.0 Å². The lowest BCUT2D eigenvalue weighted by atomic mass is 9.86. The zero-order valence-electron chi connectivity index (χ0n) is 24.6. The molecule has 9 heteroatoms. The molecule has 40 heavy (non-hydrogen) atoms. The number of anilines is 4. The van der Waals surface area contributed by atoms with Gasteiger partial charge in [-0.2, -0.15) is 9.97 Å². The van der Waals surface area contributed by atoms with Gasteiger partial charge in [-0.15, -0.1) is 0 Å². The Hall–Kier alpha value is -4.53. The molecule has 0 amide bonds. The van der Waals surface area contributed by atoms with Crippen LogP contribution in [0.5, 0.6) is 17.5 Å². The summed E-state index contributed by atoms with van der Waals surface area (Å²) >= 11 is 0. The molecule has 210 valence electrons. The molecular weight excluding hydrogens is 502 g/mol. The Labute approximate surface area is 236 Å². The molecule has 0 radical (unpaired) electrons. The molecule has 3 N–H and O–H groups in total. The Kier molecular flexibility index (Phi) is 8.62. The van der Waals surface area contributed by atoms with Crippen LogP contribution in [-0.2, 0) is 5.41 Å². The average Bonchev–Trinajstić information content (AvgIpc) is 2.93. The van der Waals surface area contributed by atoms with Crippen LogP contribution in [0.25, 0.3) is 10.8 Å². The highest BCUT2D eigenvalue weighted by Crippen LogP contribution is 2.40. The lowest BCUT2D eigenvalue weighted by molar-refractivity contribution is 0.418. The maximum absolute atomic E-state index is 6.12. The number of hydrogen-bond acceptors (Lipinski definition) is 9. The van der Waals surface area contributed by atoms with Gasteiger partial charge in [0.2, 0.25) is 5.95 Å². The second kappa shape index (κ2) is 12.1. The standard InChI is InChI=1S/C31H39N7O2/c1-9-12-27(36-25-18-20(31(2,3)4)17-24(32-5)28(25)39-8)35-23-15-16-26(22-14-11-10-13-21(22)23)40-30-34-19-33-29(37-30)38(6)7/h10-19,32,35-36H,9H2,1-8H3/b27-12-. The molecule has 0 fully saturated rings. The van der Waals surface area contributed by atoms with Gasteiger partial charge < -0.3 is 30.3 Å². The number of hydrogen-bond donors (Lipinski definition) is 3. The van der Waals surface area contributed by atoms with Crippen molar-refractivity contribution in [1.29, 1.82) is 0 Å². The Morgan fingerprint density at radius 3 is 2.30 bits per heavy atom. The number of nitrogens with zero attached hydrogens (tertiary/aromatic N) is 4. The van der Waals surface area contributed by atoms with Crippen LogP contribution in [0.15, 0.2) is 66.8 Å². The van der Waals surface area contributed by atoms with E-state index in [0.29, 0.717) is 11.7 Å². The van der Waals surface area contributed by atoms with E-state index in [1.165, 1.54) is 11.9 Å². The van der Waals surface area contributed by atoms with Crippen LogP contribution in [-0.4, -0.2) is 43.2 Å². The molecule has 4 aromatic rings. The summed E-state index contributed by atoms with van der Waals surface area (Å²) < 4.78 is 11.9. The van der Waals surface area contributed by atoms with Crippen molar-refractivity contribution in [2.24, 2.45) is 0 Å². The fourth-order valence-electron chi connectivity index (χ4n) is 4.29. The number of nitrogens with one attached hydrogen (secondary N) is 3. The van der Waals surface area contributed by atoms with E-state index < -0.39 is 0 Å². The largest absolute Gasteiger partial charge is 0.492 e. The summed E-state index contributed by atoms with van der Waals surface area (Å²) in [6.45, 7) is 8.71. The van der Waals surface area contributed by atoms with E-state index in [1.807, 2.05) is 51.5 Å². The first-order chi connectivity index (χ1) is 19.1. The van der Waals surface area contributed by atoms with E-state index in [4.69, 9.17) is 9.47 Å². The average molecular weight is 542 g/mol. The Bertz CT molecular complexity index is 1510. The lowest BCUT2D eigenvalue weighted by Crippen LogP contribution is -2.15. The van der Waals surface area contributed by atoms with Crippen LogP contribution in [0.1, 0.15) is 39.7 Å². The van der Waals surface area contributed by atoms with Gasteiger partial charge in [0.1, 0.15) is 17.9 Å². The van der Waals surface area contributed by atoms with Gasteiger partial charge in [-0.25, -0.2) is 4.98 Å². The van der Waals surface area contributed by atoms with Crippen LogP contribution in [0.4, 0.5) is 23.0 Å². The molecule has 1 aromatic heterocycles. The predicted molar refractivity (Wildman–Crippen MR) is 165 cm³/mol. The van der Waals surface area contributed by atoms with E-state index >= 15 is 0 Å². The summed E-state index contributed by atoms with van der Waals surface area (Å²) in [7, 11) is 7.34. The van der Waals surface area contributed by atoms with Crippen molar-refractivity contribution in [2.45, 2.75) is 39.5 Å². The molecule has 3 aromatic carbocycles. The Morgan fingerprint density at radius 2 is 1.65 bits per heavy atom.